The molecule has 0 spiro atoms. The SMILES string of the molecule is CCOc1cccc(C(N)c2ccc(Cl)c(Br)c2)c1. The second-order valence-corrected chi connectivity index (χ2v) is 5.42. The first-order chi connectivity index (χ1) is 9.11. The predicted octanol–water partition coefficient (Wildman–Crippen LogP) is 4.55. The van der Waals surface area contributed by atoms with E-state index in [9.17, 15) is 0 Å². The van der Waals surface area contributed by atoms with Crippen molar-refractivity contribution in [1.82, 2.24) is 0 Å². The van der Waals surface area contributed by atoms with Gasteiger partial charge in [0.1, 0.15) is 5.75 Å². The first kappa shape index (κ1) is 14.4. The zero-order chi connectivity index (χ0) is 13.8. The van der Waals surface area contributed by atoms with Gasteiger partial charge in [-0.15, -0.1) is 0 Å². The van der Waals surface area contributed by atoms with E-state index in [1.807, 2.05) is 49.4 Å². The summed E-state index contributed by atoms with van der Waals surface area (Å²) in [6, 6.07) is 13.4. The Morgan fingerprint density at radius 3 is 2.63 bits per heavy atom. The molecule has 0 saturated carbocycles. The fourth-order valence-corrected chi connectivity index (χ4v) is 2.38. The lowest BCUT2D eigenvalue weighted by atomic mass is 9.99. The highest BCUT2D eigenvalue weighted by atomic mass is 79.9. The van der Waals surface area contributed by atoms with Crippen molar-refractivity contribution in [2.75, 3.05) is 6.61 Å². The molecule has 1 unspecified atom stereocenters. The van der Waals surface area contributed by atoms with Gasteiger partial charge in [-0.1, -0.05) is 29.8 Å². The van der Waals surface area contributed by atoms with Gasteiger partial charge >= 0.3 is 0 Å². The van der Waals surface area contributed by atoms with Crippen molar-refractivity contribution in [3.8, 4) is 5.75 Å². The summed E-state index contributed by atoms with van der Waals surface area (Å²) in [6.45, 7) is 2.61. The third-order valence-corrected chi connectivity index (χ3v) is 4.04. The van der Waals surface area contributed by atoms with Crippen LogP contribution >= 0.6 is 27.5 Å². The van der Waals surface area contributed by atoms with Crippen molar-refractivity contribution in [2.24, 2.45) is 5.73 Å². The van der Waals surface area contributed by atoms with Gasteiger partial charge in [0.15, 0.2) is 0 Å². The molecular weight excluding hydrogens is 326 g/mol. The minimum atomic E-state index is -0.200. The zero-order valence-electron chi connectivity index (χ0n) is 10.6. The van der Waals surface area contributed by atoms with Gasteiger partial charge in [-0.3, -0.25) is 0 Å². The maximum Gasteiger partial charge on any atom is 0.119 e. The Kier molecular flexibility index (Phi) is 4.86. The van der Waals surface area contributed by atoms with E-state index in [0.29, 0.717) is 11.6 Å². The Bertz CT molecular complexity index is 574. The summed E-state index contributed by atoms with van der Waals surface area (Å²) in [7, 11) is 0. The molecular formula is C15H15BrClNO. The smallest absolute Gasteiger partial charge is 0.119 e. The van der Waals surface area contributed by atoms with Crippen LogP contribution in [-0.4, -0.2) is 6.61 Å². The molecule has 2 nitrogen and oxygen atoms in total. The lowest BCUT2D eigenvalue weighted by Gasteiger charge is -2.14. The van der Waals surface area contributed by atoms with Crippen molar-refractivity contribution in [3.05, 3.63) is 63.1 Å². The molecule has 0 bridgehead atoms. The van der Waals surface area contributed by atoms with E-state index in [1.165, 1.54) is 0 Å². The molecule has 4 heteroatoms. The fraction of sp³-hybridized carbons (Fsp3) is 0.200. The van der Waals surface area contributed by atoms with Gasteiger partial charge in [-0.05, 0) is 58.2 Å². The molecule has 0 aliphatic rings. The number of benzene rings is 2. The van der Waals surface area contributed by atoms with Crippen LogP contribution in [0, 0.1) is 0 Å². The highest BCUT2D eigenvalue weighted by molar-refractivity contribution is 9.10. The Morgan fingerprint density at radius 2 is 1.95 bits per heavy atom. The van der Waals surface area contributed by atoms with Gasteiger partial charge in [0, 0.05) is 4.47 Å². The van der Waals surface area contributed by atoms with Crippen molar-refractivity contribution in [1.29, 1.82) is 0 Å². The summed E-state index contributed by atoms with van der Waals surface area (Å²) in [5.41, 5.74) is 8.30. The summed E-state index contributed by atoms with van der Waals surface area (Å²) >= 11 is 9.40. The Hall–Kier alpha value is -1.03. The molecule has 2 aromatic carbocycles. The second kappa shape index (κ2) is 6.42. The van der Waals surface area contributed by atoms with E-state index in [0.717, 1.165) is 21.3 Å². The number of halogens is 2. The zero-order valence-corrected chi connectivity index (χ0v) is 12.9. The van der Waals surface area contributed by atoms with Crippen LogP contribution in [0.3, 0.4) is 0 Å². The van der Waals surface area contributed by atoms with Crippen LogP contribution in [0.4, 0.5) is 0 Å². The number of rotatable bonds is 4. The molecule has 2 rings (SSSR count). The van der Waals surface area contributed by atoms with Crippen molar-refractivity contribution in [3.63, 3.8) is 0 Å². The quantitative estimate of drug-likeness (QED) is 0.886. The summed E-state index contributed by atoms with van der Waals surface area (Å²) in [5, 5.41) is 0.680. The summed E-state index contributed by atoms with van der Waals surface area (Å²) < 4.78 is 6.34. The molecule has 2 aromatic rings. The summed E-state index contributed by atoms with van der Waals surface area (Å²) in [5.74, 6) is 0.837. The van der Waals surface area contributed by atoms with Crippen LogP contribution in [0.2, 0.25) is 5.02 Å². The molecule has 0 amide bonds. The molecule has 0 aromatic heterocycles. The lowest BCUT2D eigenvalue weighted by Crippen LogP contribution is -2.12. The minimum absolute atomic E-state index is 0.200. The van der Waals surface area contributed by atoms with E-state index in [2.05, 4.69) is 15.9 Å². The van der Waals surface area contributed by atoms with Gasteiger partial charge < -0.3 is 10.5 Å². The van der Waals surface area contributed by atoms with E-state index in [-0.39, 0.29) is 6.04 Å². The van der Waals surface area contributed by atoms with Gasteiger partial charge in [0.2, 0.25) is 0 Å². The molecule has 0 radical (unpaired) electrons. The standard InChI is InChI=1S/C15H15BrClNO/c1-2-19-12-5-3-4-10(8-12)15(18)11-6-7-14(17)13(16)9-11/h3-9,15H,2,18H2,1H3. The van der Waals surface area contributed by atoms with Crippen LogP contribution in [-0.2, 0) is 0 Å². The number of ether oxygens (including phenoxy) is 1. The van der Waals surface area contributed by atoms with E-state index in [1.54, 1.807) is 0 Å². The molecule has 0 fully saturated rings. The molecule has 1 atom stereocenters. The van der Waals surface area contributed by atoms with Crippen LogP contribution in [0.5, 0.6) is 5.75 Å². The molecule has 0 saturated heterocycles. The Labute approximate surface area is 126 Å². The van der Waals surface area contributed by atoms with E-state index in [4.69, 9.17) is 22.1 Å². The van der Waals surface area contributed by atoms with E-state index < -0.39 is 0 Å². The largest absolute Gasteiger partial charge is 0.494 e. The monoisotopic (exact) mass is 339 g/mol. The number of hydrogen-bond donors (Lipinski definition) is 1. The first-order valence-electron chi connectivity index (χ1n) is 6.05. The van der Waals surface area contributed by atoms with Gasteiger partial charge in [0.25, 0.3) is 0 Å². The van der Waals surface area contributed by atoms with Crippen molar-refractivity contribution < 1.29 is 4.74 Å². The minimum Gasteiger partial charge on any atom is -0.494 e. The van der Waals surface area contributed by atoms with Gasteiger partial charge in [-0.25, -0.2) is 0 Å². The van der Waals surface area contributed by atoms with E-state index >= 15 is 0 Å². The normalized spacial score (nSPS) is 12.2. The molecule has 0 aliphatic carbocycles. The van der Waals surface area contributed by atoms with Crippen LogP contribution in [0.25, 0.3) is 0 Å². The highest BCUT2D eigenvalue weighted by Crippen LogP contribution is 2.29. The predicted molar refractivity (Wildman–Crippen MR) is 82.8 cm³/mol. The highest BCUT2D eigenvalue weighted by Gasteiger charge is 2.11. The Balaban J connectivity index is 2.29. The fourth-order valence-electron chi connectivity index (χ4n) is 1.86. The molecule has 0 aliphatic heterocycles. The third-order valence-electron chi connectivity index (χ3n) is 2.83. The average Bonchev–Trinajstić information content (AvgIpc) is 2.42. The maximum atomic E-state index is 6.28. The van der Waals surface area contributed by atoms with Gasteiger partial charge in [-0.2, -0.15) is 0 Å². The lowest BCUT2D eigenvalue weighted by molar-refractivity contribution is 0.340. The summed E-state index contributed by atoms with van der Waals surface area (Å²) in [6.07, 6.45) is 0. The average molecular weight is 341 g/mol. The number of nitrogens with two attached hydrogens (primary N) is 1. The van der Waals surface area contributed by atoms with Gasteiger partial charge in [0.05, 0.1) is 17.7 Å². The second-order valence-electron chi connectivity index (χ2n) is 4.16. The van der Waals surface area contributed by atoms with Crippen LogP contribution in [0.15, 0.2) is 46.9 Å². The summed E-state index contributed by atoms with van der Waals surface area (Å²) in [4.78, 5) is 0. The van der Waals surface area contributed by atoms with Crippen LogP contribution < -0.4 is 10.5 Å². The molecule has 0 heterocycles. The van der Waals surface area contributed by atoms with Crippen LogP contribution in [0.1, 0.15) is 24.1 Å². The van der Waals surface area contributed by atoms with Crippen molar-refractivity contribution in [2.45, 2.75) is 13.0 Å². The number of hydrogen-bond acceptors (Lipinski definition) is 2. The molecule has 100 valence electrons. The topological polar surface area (TPSA) is 35.2 Å². The van der Waals surface area contributed by atoms with Crippen molar-refractivity contribution >= 4 is 27.5 Å². The molecule has 19 heavy (non-hydrogen) atoms. The Morgan fingerprint density at radius 1 is 1.21 bits per heavy atom. The molecule has 2 N–H and O–H groups in total. The maximum absolute atomic E-state index is 6.28. The third kappa shape index (κ3) is 3.50. The first-order valence-corrected chi connectivity index (χ1v) is 7.22.